The molecule has 0 aromatic rings. The smallest absolute Gasteiger partial charge is 0.317 e. The second kappa shape index (κ2) is 8.02. The van der Waals surface area contributed by atoms with Gasteiger partial charge in [-0.15, -0.1) is 0 Å². The number of aliphatic hydroxyl groups excluding tert-OH is 2. The van der Waals surface area contributed by atoms with Crippen LogP contribution in [0.4, 0.5) is 0 Å². The summed E-state index contributed by atoms with van der Waals surface area (Å²) in [5, 5.41) is 40.2. The number of carboxylic acids is 2. The Hall–Kier alpha value is -1.14. The van der Waals surface area contributed by atoms with Gasteiger partial charge in [-0.1, -0.05) is 20.8 Å². The maximum atomic E-state index is 11.4. The highest BCUT2D eigenvalue weighted by atomic mass is 16.4. The van der Waals surface area contributed by atoms with Gasteiger partial charge in [-0.05, 0) is 104 Å². The van der Waals surface area contributed by atoms with E-state index < -0.39 is 17.9 Å². The number of rotatable bonds is 5. The average molecular weight is 437 g/mol. The van der Waals surface area contributed by atoms with E-state index >= 15 is 0 Å². The molecule has 10 atom stereocenters. The van der Waals surface area contributed by atoms with Crippen LogP contribution in [0.2, 0.25) is 0 Å². The van der Waals surface area contributed by atoms with E-state index in [-0.39, 0.29) is 41.3 Å². The number of aliphatic hydroxyl groups is 2. The lowest BCUT2D eigenvalue weighted by Crippen LogP contribution is -2.58. The first-order valence-electron chi connectivity index (χ1n) is 12.3. The van der Waals surface area contributed by atoms with Crippen molar-refractivity contribution in [2.45, 2.75) is 90.8 Å². The SMILES string of the molecule is C[C@H](CC(C(=O)O)C(=O)O)[C@H]1CC[C@H]2[C@@H]3[C@H](O)C[C@@H]4C[C@@H](O)CC[C@]4(C)[C@H]3CC[C@]12C. The molecule has 4 aliphatic carbocycles. The Labute approximate surface area is 185 Å². The Morgan fingerprint density at radius 2 is 1.52 bits per heavy atom. The molecule has 0 radical (unpaired) electrons. The Morgan fingerprint density at radius 1 is 0.903 bits per heavy atom. The molecule has 0 amide bonds. The molecule has 0 spiro atoms. The van der Waals surface area contributed by atoms with Crippen LogP contribution >= 0.6 is 0 Å². The van der Waals surface area contributed by atoms with E-state index in [1.807, 2.05) is 6.92 Å². The quantitative estimate of drug-likeness (QED) is 0.488. The topological polar surface area (TPSA) is 115 Å². The van der Waals surface area contributed by atoms with E-state index in [0.29, 0.717) is 23.7 Å². The molecule has 6 nitrogen and oxygen atoms in total. The lowest BCUT2D eigenvalue weighted by atomic mass is 9.43. The molecule has 4 rings (SSSR count). The van der Waals surface area contributed by atoms with E-state index in [2.05, 4.69) is 13.8 Å². The molecule has 0 aliphatic heterocycles. The van der Waals surface area contributed by atoms with Crippen LogP contribution < -0.4 is 0 Å². The van der Waals surface area contributed by atoms with E-state index in [0.717, 1.165) is 51.4 Å². The lowest BCUT2D eigenvalue weighted by Gasteiger charge is -2.62. The molecule has 4 saturated carbocycles. The number of hydrogen-bond donors (Lipinski definition) is 4. The van der Waals surface area contributed by atoms with Crippen LogP contribution in [0.3, 0.4) is 0 Å². The highest BCUT2D eigenvalue weighted by molar-refractivity contribution is 5.92. The summed E-state index contributed by atoms with van der Waals surface area (Å²) in [6.07, 6.45) is 7.26. The summed E-state index contributed by atoms with van der Waals surface area (Å²) >= 11 is 0. The largest absolute Gasteiger partial charge is 0.481 e. The second-order valence-electron chi connectivity index (χ2n) is 11.9. The zero-order valence-electron chi connectivity index (χ0n) is 19.2. The zero-order valence-corrected chi connectivity index (χ0v) is 19.2. The first-order chi connectivity index (χ1) is 14.5. The van der Waals surface area contributed by atoms with Gasteiger partial charge < -0.3 is 20.4 Å². The number of aliphatic carboxylic acids is 2. The summed E-state index contributed by atoms with van der Waals surface area (Å²) in [6, 6.07) is 0. The van der Waals surface area contributed by atoms with Crippen LogP contribution in [-0.4, -0.2) is 44.6 Å². The van der Waals surface area contributed by atoms with Gasteiger partial charge in [0.25, 0.3) is 0 Å². The Morgan fingerprint density at radius 3 is 2.16 bits per heavy atom. The molecule has 0 saturated heterocycles. The number of hydrogen-bond acceptors (Lipinski definition) is 4. The van der Waals surface area contributed by atoms with Crippen molar-refractivity contribution >= 4 is 11.9 Å². The average Bonchev–Trinajstić information content (AvgIpc) is 3.04. The van der Waals surface area contributed by atoms with Crippen molar-refractivity contribution in [2.75, 3.05) is 0 Å². The first-order valence-corrected chi connectivity index (χ1v) is 12.3. The fourth-order valence-corrected chi connectivity index (χ4v) is 9.02. The Balaban J connectivity index is 1.55. The summed E-state index contributed by atoms with van der Waals surface area (Å²) < 4.78 is 0. The van der Waals surface area contributed by atoms with Gasteiger partial charge in [0.05, 0.1) is 12.2 Å². The van der Waals surface area contributed by atoms with E-state index in [9.17, 15) is 30.0 Å². The highest BCUT2D eigenvalue weighted by Crippen LogP contribution is 2.68. The molecular formula is C25H40O6. The van der Waals surface area contributed by atoms with Crippen LogP contribution in [0.1, 0.15) is 78.6 Å². The zero-order chi connectivity index (χ0) is 22.7. The van der Waals surface area contributed by atoms with Gasteiger partial charge in [-0.2, -0.15) is 0 Å². The molecular weight excluding hydrogens is 396 g/mol. The minimum atomic E-state index is -1.34. The van der Waals surface area contributed by atoms with Crippen molar-refractivity contribution in [1.29, 1.82) is 0 Å². The monoisotopic (exact) mass is 436 g/mol. The molecule has 0 heterocycles. The summed E-state index contributed by atoms with van der Waals surface area (Å²) in [6.45, 7) is 6.75. The predicted octanol–water partition coefficient (Wildman–Crippen LogP) is 3.79. The van der Waals surface area contributed by atoms with E-state index in [1.165, 1.54) is 0 Å². The van der Waals surface area contributed by atoms with Gasteiger partial charge in [-0.3, -0.25) is 9.59 Å². The van der Waals surface area contributed by atoms with Gasteiger partial charge in [0.1, 0.15) is 0 Å². The third-order valence-corrected chi connectivity index (χ3v) is 10.6. The first kappa shape index (κ1) is 23.0. The molecule has 4 fully saturated rings. The summed E-state index contributed by atoms with van der Waals surface area (Å²) in [7, 11) is 0. The van der Waals surface area contributed by atoms with Crippen LogP contribution in [0, 0.1) is 52.3 Å². The highest BCUT2D eigenvalue weighted by Gasteiger charge is 2.63. The van der Waals surface area contributed by atoms with Gasteiger partial charge in [0, 0.05) is 0 Å². The van der Waals surface area contributed by atoms with Gasteiger partial charge in [-0.25, -0.2) is 0 Å². The van der Waals surface area contributed by atoms with E-state index in [1.54, 1.807) is 0 Å². The minimum Gasteiger partial charge on any atom is -0.481 e. The van der Waals surface area contributed by atoms with Gasteiger partial charge in [0.2, 0.25) is 0 Å². The van der Waals surface area contributed by atoms with Crippen molar-refractivity contribution in [2.24, 2.45) is 52.3 Å². The van der Waals surface area contributed by atoms with Gasteiger partial charge in [0.15, 0.2) is 5.92 Å². The van der Waals surface area contributed by atoms with E-state index in [4.69, 9.17) is 0 Å². The normalized spacial score (nSPS) is 47.9. The summed E-state index contributed by atoms with van der Waals surface area (Å²) in [5.74, 6) is -1.97. The maximum Gasteiger partial charge on any atom is 0.317 e. The van der Waals surface area contributed by atoms with Crippen LogP contribution in [0.15, 0.2) is 0 Å². The van der Waals surface area contributed by atoms with Crippen molar-refractivity contribution in [3.05, 3.63) is 0 Å². The fraction of sp³-hybridized carbons (Fsp3) is 0.920. The number of fused-ring (bicyclic) bond motifs is 5. The standard InChI is InChI=1S/C25H40O6/c1-13(10-16(22(28)29)23(30)31)17-4-5-18-21-19(7-9-25(17,18)3)24(2)8-6-15(26)11-14(24)12-20(21)27/h13-21,26-27H,4-12H2,1-3H3,(H,28,29)(H,30,31)/t13-,14+,15+,17-,18+,19+,20-,21+,24+,25-/m1/s1. The lowest BCUT2D eigenvalue weighted by molar-refractivity contribution is -0.174. The van der Waals surface area contributed by atoms with Crippen LogP contribution in [0.25, 0.3) is 0 Å². The Bertz CT molecular complexity index is 709. The third-order valence-electron chi connectivity index (χ3n) is 10.6. The third kappa shape index (κ3) is 3.62. The molecule has 0 bridgehead atoms. The van der Waals surface area contributed by atoms with Crippen molar-refractivity contribution in [3.8, 4) is 0 Å². The Kier molecular flexibility index (Phi) is 5.96. The predicted molar refractivity (Wildman–Crippen MR) is 115 cm³/mol. The van der Waals surface area contributed by atoms with Crippen molar-refractivity contribution in [3.63, 3.8) is 0 Å². The van der Waals surface area contributed by atoms with Crippen molar-refractivity contribution in [1.82, 2.24) is 0 Å². The molecule has 31 heavy (non-hydrogen) atoms. The molecule has 4 N–H and O–H groups in total. The molecule has 0 aromatic carbocycles. The maximum absolute atomic E-state index is 11.4. The molecule has 0 aromatic heterocycles. The number of carboxylic acid groups (broad SMARTS) is 2. The summed E-state index contributed by atoms with van der Waals surface area (Å²) in [4.78, 5) is 22.9. The molecule has 6 heteroatoms. The fourth-order valence-electron chi connectivity index (χ4n) is 9.02. The second-order valence-corrected chi connectivity index (χ2v) is 11.9. The minimum absolute atomic E-state index is 0.0256. The van der Waals surface area contributed by atoms with Crippen LogP contribution in [0.5, 0.6) is 0 Å². The van der Waals surface area contributed by atoms with Crippen LogP contribution in [-0.2, 0) is 9.59 Å². The molecule has 176 valence electrons. The van der Waals surface area contributed by atoms with Gasteiger partial charge >= 0.3 is 11.9 Å². The molecule has 4 aliphatic rings. The summed E-state index contributed by atoms with van der Waals surface area (Å²) in [5.41, 5.74) is 0.215. The van der Waals surface area contributed by atoms with Crippen molar-refractivity contribution < 1.29 is 30.0 Å². The number of carbonyl (C=O) groups is 2. The molecule has 0 unspecified atom stereocenters.